The van der Waals surface area contributed by atoms with Crippen LogP contribution in [0.25, 0.3) is 0 Å². The molecule has 0 spiro atoms. The summed E-state index contributed by atoms with van der Waals surface area (Å²) in [6, 6.07) is 0.263. The Balaban J connectivity index is 1.73. The molecule has 86 valence electrons. The van der Waals surface area contributed by atoms with Gasteiger partial charge in [-0.25, -0.2) is 4.79 Å². The van der Waals surface area contributed by atoms with Gasteiger partial charge >= 0.3 is 6.09 Å². The number of rotatable bonds is 2. The van der Waals surface area contributed by atoms with Crippen LogP contribution in [0.1, 0.15) is 32.6 Å². The fourth-order valence-electron chi connectivity index (χ4n) is 1.98. The van der Waals surface area contributed by atoms with E-state index in [1.54, 1.807) is 0 Å². The number of piperidine rings is 1. The lowest BCUT2D eigenvalue weighted by molar-refractivity contribution is 0.0860. The molecule has 0 aromatic rings. The average Bonchev–Trinajstić information content (AvgIpc) is 2.82. The van der Waals surface area contributed by atoms with Crippen LogP contribution in [-0.4, -0.2) is 42.8 Å². The Morgan fingerprint density at radius 2 is 2.27 bits per heavy atom. The van der Waals surface area contributed by atoms with E-state index in [0.717, 1.165) is 38.8 Å². The number of ether oxygens (including phenoxy) is 1. The summed E-state index contributed by atoms with van der Waals surface area (Å²) in [7, 11) is 2.08. The first kappa shape index (κ1) is 10.7. The minimum atomic E-state index is -0.240. The SMILES string of the molecule is CN1CCCC(NC(=O)OC2(C)CC2)C1. The fourth-order valence-corrected chi connectivity index (χ4v) is 1.98. The molecule has 4 heteroatoms. The quantitative estimate of drug-likeness (QED) is 0.751. The van der Waals surface area contributed by atoms with Crippen molar-refractivity contribution in [2.75, 3.05) is 20.1 Å². The van der Waals surface area contributed by atoms with Gasteiger partial charge in [0.25, 0.3) is 0 Å². The minimum absolute atomic E-state index is 0.162. The van der Waals surface area contributed by atoms with Gasteiger partial charge in [-0.1, -0.05) is 0 Å². The van der Waals surface area contributed by atoms with Gasteiger partial charge in [0.2, 0.25) is 0 Å². The first-order chi connectivity index (χ1) is 7.07. The van der Waals surface area contributed by atoms with E-state index in [-0.39, 0.29) is 17.7 Å². The highest BCUT2D eigenvalue weighted by Gasteiger charge is 2.42. The van der Waals surface area contributed by atoms with Crippen molar-refractivity contribution in [3.8, 4) is 0 Å². The number of carbonyl (C=O) groups is 1. The molecule has 1 heterocycles. The number of nitrogens with one attached hydrogen (secondary N) is 1. The third kappa shape index (κ3) is 3.09. The highest BCUT2D eigenvalue weighted by molar-refractivity contribution is 5.68. The molecule has 2 rings (SSSR count). The maximum absolute atomic E-state index is 11.5. The van der Waals surface area contributed by atoms with Crippen LogP contribution in [0.3, 0.4) is 0 Å². The zero-order valence-corrected chi connectivity index (χ0v) is 9.58. The zero-order chi connectivity index (χ0) is 10.9. The van der Waals surface area contributed by atoms with E-state index in [2.05, 4.69) is 17.3 Å². The summed E-state index contributed by atoms with van der Waals surface area (Å²) >= 11 is 0. The summed E-state index contributed by atoms with van der Waals surface area (Å²) in [5, 5.41) is 2.94. The van der Waals surface area contributed by atoms with Gasteiger partial charge in [0.15, 0.2) is 0 Å². The first-order valence-electron chi connectivity index (χ1n) is 5.75. The average molecular weight is 212 g/mol. The Labute approximate surface area is 91.0 Å². The first-order valence-corrected chi connectivity index (χ1v) is 5.75. The normalized spacial score (nSPS) is 29.6. The summed E-state index contributed by atoms with van der Waals surface area (Å²) in [6.07, 6.45) is 3.99. The van der Waals surface area contributed by atoms with Crippen LogP contribution in [0.15, 0.2) is 0 Å². The molecule has 1 unspecified atom stereocenters. The van der Waals surface area contributed by atoms with E-state index in [1.165, 1.54) is 0 Å². The molecular weight excluding hydrogens is 192 g/mol. The summed E-state index contributed by atoms with van der Waals surface area (Å²) in [5.74, 6) is 0. The third-order valence-corrected chi connectivity index (χ3v) is 3.24. The lowest BCUT2D eigenvalue weighted by Gasteiger charge is -2.30. The lowest BCUT2D eigenvalue weighted by Crippen LogP contribution is -2.47. The molecule has 0 radical (unpaired) electrons. The second-order valence-corrected chi connectivity index (χ2v) is 5.09. The second kappa shape index (κ2) is 4.00. The van der Waals surface area contributed by atoms with E-state index >= 15 is 0 Å². The summed E-state index contributed by atoms with van der Waals surface area (Å²) < 4.78 is 5.32. The number of hydrogen-bond acceptors (Lipinski definition) is 3. The van der Waals surface area contributed by atoms with Crippen LogP contribution in [0.5, 0.6) is 0 Å². The molecule has 1 saturated carbocycles. The largest absolute Gasteiger partial charge is 0.443 e. The molecule has 1 saturated heterocycles. The number of likely N-dealkylation sites (tertiary alicyclic amines) is 1. The smallest absolute Gasteiger partial charge is 0.407 e. The van der Waals surface area contributed by atoms with Crippen LogP contribution in [0.2, 0.25) is 0 Å². The van der Waals surface area contributed by atoms with Crippen LogP contribution in [-0.2, 0) is 4.74 Å². The summed E-state index contributed by atoms with van der Waals surface area (Å²) in [4.78, 5) is 13.8. The number of nitrogens with zero attached hydrogens (tertiary/aromatic N) is 1. The third-order valence-electron chi connectivity index (χ3n) is 3.24. The molecule has 1 amide bonds. The standard InChI is InChI=1S/C11H20N2O2/c1-11(5-6-11)15-10(14)12-9-4-3-7-13(2)8-9/h9H,3-8H2,1-2H3,(H,12,14). The van der Waals surface area contributed by atoms with Crippen molar-refractivity contribution in [1.82, 2.24) is 10.2 Å². The fraction of sp³-hybridized carbons (Fsp3) is 0.909. The van der Waals surface area contributed by atoms with Gasteiger partial charge in [0.05, 0.1) is 0 Å². The van der Waals surface area contributed by atoms with Crippen LogP contribution in [0, 0.1) is 0 Å². The Morgan fingerprint density at radius 3 is 2.87 bits per heavy atom. The molecule has 2 fully saturated rings. The topological polar surface area (TPSA) is 41.6 Å². The number of hydrogen-bond donors (Lipinski definition) is 1. The van der Waals surface area contributed by atoms with Gasteiger partial charge in [-0.05, 0) is 46.2 Å². The van der Waals surface area contributed by atoms with Gasteiger partial charge in [-0.3, -0.25) is 0 Å². The lowest BCUT2D eigenvalue weighted by atomic mass is 10.1. The molecule has 0 bridgehead atoms. The Kier molecular flexibility index (Phi) is 2.87. The monoisotopic (exact) mass is 212 g/mol. The summed E-state index contributed by atoms with van der Waals surface area (Å²) in [5.41, 5.74) is -0.162. The van der Waals surface area contributed by atoms with E-state index in [1.807, 2.05) is 6.92 Å². The Bertz CT molecular complexity index is 251. The molecule has 1 atom stereocenters. The second-order valence-electron chi connectivity index (χ2n) is 5.09. The van der Waals surface area contributed by atoms with Gasteiger partial charge < -0.3 is 15.0 Å². The predicted molar refractivity (Wildman–Crippen MR) is 57.8 cm³/mol. The number of carbonyl (C=O) groups excluding carboxylic acids is 1. The molecule has 15 heavy (non-hydrogen) atoms. The van der Waals surface area contributed by atoms with Crippen LogP contribution < -0.4 is 5.32 Å². The zero-order valence-electron chi connectivity index (χ0n) is 9.58. The molecule has 1 aliphatic heterocycles. The number of amides is 1. The Morgan fingerprint density at radius 1 is 1.53 bits per heavy atom. The number of likely N-dealkylation sites (N-methyl/N-ethyl adjacent to an activating group) is 1. The van der Waals surface area contributed by atoms with E-state index in [0.29, 0.717) is 0 Å². The highest BCUT2D eigenvalue weighted by atomic mass is 16.6. The highest BCUT2D eigenvalue weighted by Crippen LogP contribution is 2.38. The van der Waals surface area contributed by atoms with E-state index in [9.17, 15) is 4.79 Å². The van der Waals surface area contributed by atoms with Crippen molar-refractivity contribution >= 4 is 6.09 Å². The maximum atomic E-state index is 11.5. The van der Waals surface area contributed by atoms with Crippen molar-refractivity contribution in [1.29, 1.82) is 0 Å². The van der Waals surface area contributed by atoms with E-state index < -0.39 is 0 Å². The molecular formula is C11H20N2O2. The van der Waals surface area contributed by atoms with Gasteiger partial charge in [0.1, 0.15) is 5.60 Å². The van der Waals surface area contributed by atoms with Crippen molar-refractivity contribution in [2.24, 2.45) is 0 Å². The van der Waals surface area contributed by atoms with E-state index in [4.69, 9.17) is 4.74 Å². The van der Waals surface area contributed by atoms with Crippen molar-refractivity contribution in [3.05, 3.63) is 0 Å². The molecule has 0 aromatic heterocycles. The minimum Gasteiger partial charge on any atom is -0.443 e. The summed E-state index contributed by atoms with van der Waals surface area (Å²) in [6.45, 7) is 4.05. The molecule has 2 aliphatic rings. The number of alkyl carbamates (subject to hydrolysis) is 1. The maximum Gasteiger partial charge on any atom is 0.407 e. The molecule has 1 N–H and O–H groups in total. The van der Waals surface area contributed by atoms with Crippen molar-refractivity contribution in [2.45, 2.75) is 44.2 Å². The van der Waals surface area contributed by atoms with Crippen molar-refractivity contribution < 1.29 is 9.53 Å². The van der Waals surface area contributed by atoms with Gasteiger partial charge in [-0.2, -0.15) is 0 Å². The van der Waals surface area contributed by atoms with Crippen LogP contribution in [0.4, 0.5) is 4.79 Å². The predicted octanol–water partition coefficient (Wildman–Crippen LogP) is 1.36. The Hall–Kier alpha value is -0.770. The van der Waals surface area contributed by atoms with Crippen LogP contribution >= 0.6 is 0 Å². The molecule has 4 nitrogen and oxygen atoms in total. The molecule has 1 aliphatic carbocycles. The van der Waals surface area contributed by atoms with Gasteiger partial charge in [-0.15, -0.1) is 0 Å². The van der Waals surface area contributed by atoms with Gasteiger partial charge in [0, 0.05) is 12.6 Å². The van der Waals surface area contributed by atoms with Crippen molar-refractivity contribution in [3.63, 3.8) is 0 Å². The molecule has 0 aromatic carbocycles.